The number of ether oxygens (including phenoxy) is 1. The summed E-state index contributed by atoms with van der Waals surface area (Å²) in [4.78, 5) is 12.4. The predicted octanol–water partition coefficient (Wildman–Crippen LogP) is 5.07. The van der Waals surface area contributed by atoms with Crippen molar-refractivity contribution in [3.8, 4) is 5.75 Å². The van der Waals surface area contributed by atoms with Crippen molar-refractivity contribution in [2.24, 2.45) is 0 Å². The van der Waals surface area contributed by atoms with Gasteiger partial charge in [-0.05, 0) is 66.8 Å². The fraction of sp³-hybridized carbons (Fsp3) is 0.211. The van der Waals surface area contributed by atoms with Crippen molar-refractivity contribution in [2.45, 2.75) is 19.9 Å². The van der Waals surface area contributed by atoms with E-state index in [1.807, 2.05) is 60.7 Å². The van der Waals surface area contributed by atoms with Crippen LogP contribution in [0.1, 0.15) is 36.0 Å². The van der Waals surface area contributed by atoms with Crippen molar-refractivity contribution in [2.75, 3.05) is 6.61 Å². The Bertz CT molecular complexity index is 922. The molecule has 1 aromatic heterocycles. The number of nitrogens with one attached hydrogen (secondary N) is 1. The zero-order valence-corrected chi connectivity index (χ0v) is 16.0. The van der Waals surface area contributed by atoms with Crippen LogP contribution < -0.4 is 10.1 Å². The number of carbonyl (C=O) groups excluding carboxylic acids is 1. The molecule has 0 spiro atoms. The second-order valence-electron chi connectivity index (χ2n) is 5.58. The number of para-hydroxylation sites is 1. The number of rotatable bonds is 5. The average molecular weight is 453 g/mol. The molecule has 130 valence electrons. The summed E-state index contributed by atoms with van der Waals surface area (Å²) >= 11 is 1.95. The van der Waals surface area contributed by atoms with Crippen molar-refractivity contribution in [1.82, 2.24) is 5.32 Å². The molecule has 1 heterocycles. The molecule has 1 amide bonds. The SMILES string of the molecule is CCOc1cccc2cc(C(C)NC(=O)c3ccc(F)cc3I)oc12. The minimum atomic E-state index is -0.366. The quantitative estimate of drug-likeness (QED) is 0.550. The van der Waals surface area contributed by atoms with Crippen LogP contribution in [0.4, 0.5) is 4.39 Å². The molecule has 0 saturated carbocycles. The maximum Gasteiger partial charge on any atom is 0.252 e. The summed E-state index contributed by atoms with van der Waals surface area (Å²) in [7, 11) is 0. The van der Waals surface area contributed by atoms with Gasteiger partial charge in [-0.25, -0.2) is 4.39 Å². The van der Waals surface area contributed by atoms with Gasteiger partial charge in [0.15, 0.2) is 11.3 Å². The molecule has 1 N–H and O–H groups in total. The molecular weight excluding hydrogens is 436 g/mol. The van der Waals surface area contributed by atoms with Crippen LogP contribution in [0.15, 0.2) is 46.9 Å². The Hall–Kier alpha value is -2.09. The molecule has 0 bridgehead atoms. The van der Waals surface area contributed by atoms with Crippen molar-refractivity contribution >= 4 is 39.5 Å². The van der Waals surface area contributed by atoms with Crippen molar-refractivity contribution in [3.05, 3.63) is 63.2 Å². The summed E-state index contributed by atoms with van der Waals surface area (Å²) in [6.45, 7) is 4.30. The molecule has 0 radical (unpaired) electrons. The lowest BCUT2D eigenvalue weighted by Gasteiger charge is -2.12. The largest absolute Gasteiger partial charge is 0.490 e. The molecule has 6 heteroatoms. The number of hydrogen-bond acceptors (Lipinski definition) is 3. The van der Waals surface area contributed by atoms with Crippen LogP contribution >= 0.6 is 22.6 Å². The van der Waals surface area contributed by atoms with Gasteiger partial charge in [0.2, 0.25) is 0 Å². The van der Waals surface area contributed by atoms with Crippen molar-refractivity contribution in [1.29, 1.82) is 0 Å². The van der Waals surface area contributed by atoms with Gasteiger partial charge in [-0.15, -0.1) is 0 Å². The Morgan fingerprint density at radius 1 is 1.32 bits per heavy atom. The second-order valence-corrected chi connectivity index (χ2v) is 6.74. The van der Waals surface area contributed by atoms with E-state index in [2.05, 4.69) is 5.32 Å². The lowest BCUT2D eigenvalue weighted by atomic mass is 10.1. The smallest absolute Gasteiger partial charge is 0.252 e. The van der Waals surface area contributed by atoms with E-state index in [0.717, 1.165) is 5.39 Å². The van der Waals surface area contributed by atoms with E-state index in [-0.39, 0.29) is 17.8 Å². The van der Waals surface area contributed by atoms with E-state index < -0.39 is 0 Å². The monoisotopic (exact) mass is 453 g/mol. The Morgan fingerprint density at radius 2 is 2.12 bits per heavy atom. The van der Waals surface area contributed by atoms with Crippen LogP contribution in [-0.4, -0.2) is 12.5 Å². The summed E-state index contributed by atoms with van der Waals surface area (Å²) in [5, 5.41) is 3.80. The highest BCUT2D eigenvalue weighted by molar-refractivity contribution is 14.1. The molecule has 0 aliphatic heterocycles. The summed E-state index contributed by atoms with van der Waals surface area (Å²) in [5.41, 5.74) is 1.09. The van der Waals surface area contributed by atoms with Gasteiger partial charge >= 0.3 is 0 Å². The van der Waals surface area contributed by atoms with Gasteiger partial charge in [-0.2, -0.15) is 0 Å². The Morgan fingerprint density at radius 3 is 2.84 bits per heavy atom. The van der Waals surface area contributed by atoms with Gasteiger partial charge in [0.05, 0.1) is 18.2 Å². The van der Waals surface area contributed by atoms with E-state index in [1.54, 1.807) is 0 Å². The Labute approximate surface area is 158 Å². The minimum absolute atomic E-state index is 0.276. The van der Waals surface area contributed by atoms with E-state index >= 15 is 0 Å². The fourth-order valence-corrected chi connectivity index (χ4v) is 3.28. The van der Waals surface area contributed by atoms with Crippen LogP contribution in [-0.2, 0) is 0 Å². The Balaban J connectivity index is 1.83. The predicted molar refractivity (Wildman–Crippen MR) is 102 cm³/mol. The molecule has 0 aliphatic carbocycles. The summed E-state index contributed by atoms with van der Waals surface area (Å²) in [5.74, 6) is 0.669. The van der Waals surface area contributed by atoms with Gasteiger partial charge in [0.25, 0.3) is 5.91 Å². The third-order valence-corrected chi connectivity index (χ3v) is 4.67. The number of fused-ring (bicyclic) bond motifs is 1. The first-order chi connectivity index (χ1) is 12.0. The molecule has 25 heavy (non-hydrogen) atoms. The van der Waals surface area contributed by atoms with Gasteiger partial charge < -0.3 is 14.5 Å². The topological polar surface area (TPSA) is 51.5 Å². The average Bonchev–Trinajstić information content (AvgIpc) is 3.00. The van der Waals surface area contributed by atoms with E-state index in [4.69, 9.17) is 9.15 Å². The van der Waals surface area contributed by atoms with Crippen LogP contribution in [0, 0.1) is 9.39 Å². The number of hydrogen-bond donors (Lipinski definition) is 1. The van der Waals surface area contributed by atoms with E-state index in [9.17, 15) is 9.18 Å². The molecule has 2 aromatic carbocycles. The van der Waals surface area contributed by atoms with Gasteiger partial charge in [-0.3, -0.25) is 4.79 Å². The summed E-state index contributed by atoms with van der Waals surface area (Å²) in [6.07, 6.45) is 0. The third kappa shape index (κ3) is 3.78. The molecule has 0 saturated heterocycles. The standard InChI is InChI=1S/C19H17FINO3/c1-3-24-16-6-4-5-12-9-17(25-18(12)16)11(2)22-19(23)14-8-7-13(20)10-15(14)21/h4-11H,3H2,1-2H3,(H,22,23). The Kier molecular flexibility index (Phi) is 5.27. The zero-order chi connectivity index (χ0) is 18.0. The van der Waals surface area contributed by atoms with E-state index in [0.29, 0.717) is 32.8 Å². The maximum absolute atomic E-state index is 13.2. The highest BCUT2D eigenvalue weighted by atomic mass is 127. The van der Waals surface area contributed by atoms with Crippen LogP contribution in [0.25, 0.3) is 11.0 Å². The molecule has 1 atom stereocenters. The van der Waals surface area contributed by atoms with Gasteiger partial charge in [-0.1, -0.05) is 12.1 Å². The number of carbonyl (C=O) groups is 1. The fourth-order valence-electron chi connectivity index (χ4n) is 2.56. The van der Waals surface area contributed by atoms with Gasteiger partial charge in [0.1, 0.15) is 11.6 Å². The normalized spacial score (nSPS) is 12.2. The lowest BCUT2D eigenvalue weighted by molar-refractivity contribution is 0.0934. The second kappa shape index (κ2) is 7.43. The lowest BCUT2D eigenvalue weighted by Crippen LogP contribution is -2.27. The van der Waals surface area contributed by atoms with Crippen LogP contribution in [0.3, 0.4) is 0 Å². The molecule has 0 fully saturated rings. The van der Waals surface area contributed by atoms with Crippen molar-refractivity contribution in [3.63, 3.8) is 0 Å². The molecule has 3 rings (SSSR count). The van der Waals surface area contributed by atoms with Crippen LogP contribution in [0.5, 0.6) is 5.75 Å². The van der Waals surface area contributed by atoms with Crippen molar-refractivity contribution < 1.29 is 18.3 Å². The minimum Gasteiger partial charge on any atom is -0.490 e. The van der Waals surface area contributed by atoms with Gasteiger partial charge in [0, 0.05) is 8.96 Å². The third-order valence-electron chi connectivity index (χ3n) is 3.78. The first-order valence-corrected chi connectivity index (χ1v) is 8.98. The number of furan rings is 1. The summed E-state index contributed by atoms with van der Waals surface area (Å²) < 4.78 is 25.2. The first kappa shape index (κ1) is 17.7. The zero-order valence-electron chi connectivity index (χ0n) is 13.8. The number of amides is 1. The highest BCUT2D eigenvalue weighted by Crippen LogP contribution is 2.31. The molecular formula is C19H17FINO3. The summed E-state index contributed by atoms with van der Waals surface area (Å²) in [6, 6.07) is 11.3. The number of halogens is 2. The van der Waals surface area contributed by atoms with E-state index in [1.165, 1.54) is 18.2 Å². The molecule has 0 aliphatic rings. The molecule has 3 aromatic rings. The molecule has 1 unspecified atom stereocenters. The maximum atomic E-state index is 13.2. The van der Waals surface area contributed by atoms with Crippen LogP contribution in [0.2, 0.25) is 0 Å². The number of benzene rings is 2. The highest BCUT2D eigenvalue weighted by Gasteiger charge is 2.18. The molecule has 4 nitrogen and oxygen atoms in total. The first-order valence-electron chi connectivity index (χ1n) is 7.90.